The topological polar surface area (TPSA) is 230 Å². The molecule has 0 spiro atoms. The van der Waals surface area contributed by atoms with Gasteiger partial charge in [-0.05, 0) is 24.5 Å². The SMILES string of the molecule is CC(C)c1ccccc1S(=O)(=O)[O-].CC(O)CO.O=C(O)CC(O)(CC(=O)O)C(=O)O.[Na+]. The first-order valence-corrected chi connectivity index (χ1v) is 10.1. The van der Waals surface area contributed by atoms with Gasteiger partial charge in [0.1, 0.15) is 10.1 Å². The molecule has 1 aromatic carbocycles. The molecule has 12 nitrogen and oxygen atoms in total. The fraction of sp³-hybridized carbons (Fsp3) is 0.500. The van der Waals surface area contributed by atoms with Crippen LogP contribution in [0.25, 0.3) is 0 Å². The van der Waals surface area contributed by atoms with Crippen molar-refractivity contribution in [1.82, 2.24) is 0 Å². The van der Waals surface area contributed by atoms with E-state index in [1.54, 1.807) is 18.2 Å². The maximum atomic E-state index is 10.8. The monoisotopic (exact) mass is 490 g/mol. The molecule has 0 fully saturated rings. The van der Waals surface area contributed by atoms with E-state index in [-0.39, 0.29) is 47.0 Å². The number of benzene rings is 1. The zero-order chi connectivity index (χ0) is 25.0. The first-order valence-electron chi connectivity index (χ1n) is 8.71. The van der Waals surface area contributed by atoms with Crippen molar-refractivity contribution in [2.45, 2.75) is 56.1 Å². The number of aliphatic hydroxyl groups is 3. The first kappa shape index (κ1) is 35.0. The smallest absolute Gasteiger partial charge is 0.744 e. The maximum absolute atomic E-state index is 10.8. The quantitative estimate of drug-likeness (QED) is 0.157. The molecule has 0 aliphatic rings. The molecule has 1 rings (SSSR count). The van der Waals surface area contributed by atoms with Crippen molar-refractivity contribution >= 4 is 28.0 Å². The minimum absolute atomic E-state index is 0. The van der Waals surface area contributed by atoms with E-state index in [4.69, 9.17) is 30.6 Å². The third-order valence-electron chi connectivity index (χ3n) is 3.36. The van der Waals surface area contributed by atoms with Crippen molar-refractivity contribution in [3.8, 4) is 0 Å². The summed E-state index contributed by atoms with van der Waals surface area (Å²) in [5, 5.41) is 49.8. The van der Waals surface area contributed by atoms with Crippen LogP contribution in [0.2, 0.25) is 0 Å². The largest absolute Gasteiger partial charge is 1.00 e. The molecule has 32 heavy (non-hydrogen) atoms. The number of carbonyl (C=O) groups is 3. The van der Waals surface area contributed by atoms with Crippen LogP contribution in [0.5, 0.6) is 0 Å². The van der Waals surface area contributed by atoms with E-state index < -0.39 is 52.6 Å². The molecular weight excluding hydrogens is 463 g/mol. The van der Waals surface area contributed by atoms with Gasteiger partial charge in [0, 0.05) is 0 Å². The van der Waals surface area contributed by atoms with Gasteiger partial charge in [0.05, 0.1) is 30.4 Å². The van der Waals surface area contributed by atoms with Gasteiger partial charge in [-0.1, -0.05) is 32.0 Å². The molecule has 1 atom stereocenters. The average molecular weight is 490 g/mol. The van der Waals surface area contributed by atoms with E-state index in [9.17, 15) is 27.4 Å². The van der Waals surface area contributed by atoms with Gasteiger partial charge in [0.25, 0.3) is 0 Å². The van der Waals surface area contributed by atoms with E-state index in [1.165, 1.54) is 13.0 Å². The zero-order valence-electron chi connectivity index (χ0n) is 18.1. The molecule has 0 saturated heterocycles. The van der Waals surface area contributed by atoms with Crippen LogP contribution >= 0.6 is 0 Å². The van der Waals surface area contributed by atoms with Gasteiger partial charge in [0.15, 0.2) is 5.60 Å². The van der Waals surface area contributed by atoms with E-state index in [2.05, 4.69) is 0 Å². The summed E-state index contributed by atoms with van der Waals surface area (Å²) < 4.78 is 32.4. The molecule has 0 bridgehead atoms. The van der Waals surface area contributed by atoms with Crippen molar-refractivity contribution < 1.29 is 87.6 Å². The second-order valence-corrected chi connectivity index (χ2v) is 8.00. The Morgan fingerprint density at radius 3 is 1.59 bits per heavy atom. The van der Waals surface area contributed by atoms with Gasteiger partial charge in [0.2, 0.25) is 0 Å². The molecule has 0 heterocycles. The number of aliphatic hydroxyl groups excluding tert-OH is 2. The van der Waals surface area contributed by atoms with Crippen molar-refractivity contribution in [2.75, 3.05) is 6.61 Å². The van der Waals surface area contributed by atoms with E-state index in [1.807, 2.05) is 13.8 Å². The van der Waals surface area contributed by atoms with E-state index in [0.717, 1.165) is 0 Å². The summed E-state index contributed by atoms with van der Waals surface area (Å²) in [5.74, 6) is -4.98. The number of hydrogen-bond acceptors (Lipinski definition) is 9. The van der Waals surface area contributed by atoms with Gasteiger partial charge in [-0.25, -0.2) is 13.2 Å². The molecule has 1 unspecified atom stereocenters. The summed E-state index contributed by atoms with van der Waals surface area (Å²) in [6.45, 7) is 5.09. The zero-order valence-corrected chi connectivity index (χ0v) is 20.9. The average Bonchev–Trinajstić information content (AvgIpc) is 2.60. The Morgan fingerprint density at radius 1 is 1.00 bits per heavy atom. The second-order valence-electron chi connectivity index (χ2n) is 6.66. The number of hydrogen-bond donors (Lipinski definition) is 6. The summed E-state index contributed by atoms with van der Waals surface area (Å²) in [4.78, 5) is 30.4. The third-order valence-corrected chi connectivity index (χ3v) is 4.27. The van der Waals surface area contributed by atoms with Crippen molar-refractivity contribution in [1.29, 1.82) is 0 Å². The van der Waals surface area contributed by atoms with Crippen LogP contribution in [0.15, 0.2) is 29.2 Å². The summed E-state index contributed by atoms with van der Waals surface area (Å²) in [7, 11) is -4.33. The Kier molecular flexibility index (Phi) is 17.6. The molecule has 0 aliphatic heterocycles. The van der Waals surface area contributed by atoms with Crippen LogP contribution < -0.4 is 29.6 Å². The van der Waals surface area contributed by atoms with Crippen LogP contribution in [-0.4, -0.2) is 79.8 Å². The van der Waals surface area contributed by atoms with E-state index >= 15 is 0 Å². The predicted octanol–water partition coefficient (Wildman–Crippen LogP) is -3.17. The van der Waals surface area contributed by atoms with Crippen LogP contribution in [0.1, 0.15) is 45.1 Å². The Balaban J connectivity index is -0.000000425. The molecule has 6 N–H and O–H groups in total. The molecule has 0 aromatic heterocycles. The van der Waals surface area contributed by atoms with Crippen LogP contribution in [0.4, 0.5) is 0 Å². The molecule has 0 radical (unpaired) electrons. The van der Waals surface area contributed by atoms with Crippen molar-refractivity contribution in [3.63, 3.8) is 0 Å². The van der Waals surface area contributed by atoms with E-state index in [0.29, 0.717) is 5.56 Å². The number of carboxylic acid groups (broad SMARTS) is 3. The Hall–Kier alpha value is -1.58. The van der Waals surface area contributed by atoms with Crippen LogP contribution in [0.3, 0.4) is 0 Å². The minimum atomic E-state index is -4.33. The van der Waals surface area contributed by atoms with Gasteiger partial charge < -0.3 is 35.2 Å². The Labute approximate surface area is 207 Å². The fourth-order valence-electron chi connectivity index (χ4n) is 1.90. The number of carboxylic acids is 3. The molecule has 0 amide bonds. The van der Waals surface area contributed by atoms with Gasteiger partial charge in [-0.3, -0.25) is 9.59 Å². The van der Waals surface area contributed by atoms with Gasteiger partial charge in [-0.2, -0.15) is 0 Å². The standard InChI is InChI=1S/C9H12O3S.C6H8O7.C3H8O2.Na/c1-7(2)8-5-3-4-6-9(8)13(10,11)12;7-3(8)1-6(13,5(11)12)2-4(9)10;1-3(5)2-4;/h3-7H,1-2H3,(H,10,11,12);13H,1-2H2,(H,7,8)(H,9,10)(H,11,12);3-5H,2H2,1H3;/q;;;+1/p-1. The maximum Gasteiger partial charge on any atom is 1.00 e. The third kappa shape index (κ3) is 15.3. The normalized spacial score (nSPS) is 11.6. The number of aliphatic carboxylic acids is 3. The fourth-order valence-corrected chi connectivity index (χ4v) is 2.74. The summed E-state index contributed by atoms with van der Waals surface area (Å²) in [6.07, 6.45) is -2.85. The summed E-state index contributed by atoms with van der Waals surface area (Å²) in [5.41, 5.74) is -2.16. The Morgan fingerprint density at radius 2 is 1.38 bits per heavy atom. The van der Waals surface area contributed by atoms with Crippen molar-refractivity contribution in [3.05, 3.63) is 29.8 Å². The molecule has 0 saturated carbocycles. The molecule has 14 heteroatoms. The Bertz CT molecular complexity index is 820. The van der Waals surface area contributed by atoms with Crippen LogP contribution in [-0.2, 0) is 24.5 Å². The van der Waals surface area contributed by atoms with Gasteiger partial charge >= 0.3 is 47.5 Å². The van der Waals surface area contributed by atoms with Gasteiger partial charge in [-0.15, -0.1) is 0 Å². The summed E-state index contributed by atoms with van der Waals surface area (Å²) in [6, 6.07) is 6.29. The minimum Gasteiger partial charge on any atom is -0.744 e. The molecular formula is C18H27NaO12S. The molecule has 1 aromatic rings. The first-order chi connectivity index (χ1) is 14.0. The predicted molar refractivity (Wildman–Crippen MR) is 104 cm³/mol. The second kappa shape index (κ2) is 16.1. The summed E-state index contributed by atoms with van der Waals surface area (Å²) >= 11 is 0. The molecule has 0 aliphatic carbocycles. The molecule has 178 valence electrons. The van der Waals surface area contributed by atoms with Crippen molar-refractivity contribution in [2.24, 2.45) is 0 Å². The van der Waals surface area contributed by atoms with Crippen LogP contribution in [0, 0.1) is 0 Å². The number of rotatable bonds is 8.